The first-order chi connectivity index (χ1) is 14.2. The number of methoxy groups -OCH3 is 1. The number of ether oxygens (including phenoxy) is 2. The van der Waals surface area contributed by atoms with E-state index in [1.54, 1.807) is 13.2 Å². The predicted octanol–water partition coefficient (Wildman–Crippen LogP) is 3.43. The summed E-state index contributed by atoms with van der Waals surface area (Å²) in [7, 11) is 1.60. The molecular formula is C22H30N4O3. The minimum absolute atomic E-state index is 0.0339. The summed E-state index contributed by atoms with van der Waals surface area (Å²) in [6.07, 6.45) is 6.65. The van der Waals surface area contributed by atoms with E-state index in [-0.39, 0.29) is 11.8 Å². The molecule has 2 aliphatic heterocycles. The van der Waals surface area contributed by atoms with Gasteiger partial charge >= 0.3 is 0 Å². The second kappa shape index (κ2) is 8.84. The standard InChI is InChI=1S/C22H30N4O3/c1-3-29-18-11-10-16(14-19(18)28-2)22(27)25-12-7-8-17(15-25)21-24-23-20-9-5-4-6-13-26(20)21/h10-11,14,17H,3-9,12-13,15H2,1-2H3. The zero-order valence-electron chi connectivity index (χ0n) is 17.4. The largest absolute Gasteiger partial charge is 0.493 e. The van der Waals surface area contributed by atoms with Crippen molar-refractivity contribution in [3.63, 3.8) is 0 Å². The zero-order chi connectivity index (χ0) is 20.2. The Balaban J connectivity index is 1.51. The molecule has 2 aromatic rings. The fourth-order valence-corrected chi connectivity index (χ4v) is 4.44. The molecule has 1 atom stereocenters. The maximum absolute atomic E-state index is 13.2. The molecule has 29 heavy (non-hydrogen) atoms. The summed E-state index contributed by atoms with van der Waals surface area (Å²) in [4.78, 5) is 15.1. The van der Waals surface area contributed by atoms with Crippen molar-refractivity contribution in [3.05, 3.63) is 35.4 Å². The third-order valence-electron chi connectivity index (χ3n) is 5.92. The highest BCUT2D eigenvalue weighted by Gasteiger charge is 2.30. The number of piperidine rings is 1. The molecular weight excluding hydrogens is 368 g/mol. The Kier molecular flexibility index (Phi) is 6.02. The van der Waals surface area contributed by atoms with Gasteiger partial charge in [-0.25, -0.2) is 0 Å². The van der Waals surface area contributed by atoms with Crippen LogP contribution >= 0.6 is 0 Å². The Bertz CT molecular complexity index is 864. The molecule has 1 aromatic carbocycles. The van der Waals surface area contributed by atoms with Gasteiger partial charge in [0.1, 0.15) is 11.6 Å². The van der Waals surface area contributed by atoms with Gasteiger partial charge < -0.3 is 18.9 Å². The van der Waals surface area contributed by atoms with E-state index >= 15 is 0 Å². The summed E-state index contributed by atoms with van der Waals surface area (Å²) in [5, 5.41) is 8.98. The van der Waals surface area contributed by atoms with Crippen molar-refractivity contribution in [1.29, 1.82) is 0 Å². The fourth-order valence-electron chi connectivity index (χ4n) is 4.44. The van der Waals surface area contributed by atoms with Gasteiger partial charge in [-0.2, -0.15) is 0 Å². The fraction of sp³-hybridized carbons (Fsp3) is 0.591. The molecule has 1 fully saturated rings. The number of carbonyl (C=O) groups is 1. The maximum atomic E-state index is 13.2. The summed E-state index contributed by atoms with van der Waals surface area (Å²) in [6.45, 7) is 4.94. The SMILES string of the molecule is CCOc1ccc(C(=O)N2CCCC(c3nnc4n3CCCCC4)C2)cc1OC. The first-order valence-electron chi connectivity index (χ1n) is 10.7. The van der Waals surface area contributed by atoms with Crippen LogP contribution in [0, 0.1) is 0 Å². The van der Waals surface area contributed by atoms with E-state index in [1.807, 2.05) is 24.0 Å². The number of rotatable bonds is 5. The van der Waals surface area contributed by atoms with Gasteiger partial charge in [0.05, 0.1) is 13.7 Å². The highest BCUT2D eigenvalue weighted by Crippen LogP contribution is 2.31. The molecule has 0 saturated carbocycles. The average Bonchev–Trinajstić information content (AvgIpc) is 3.02. The lowest BCUT2D eigenvalue weighted by atomic mass is 9.96. The summed E-state index contributed by atoms with van der Waals surface area (Å²) >= 11 is 0. The molecule has 3 heterocycles. The number of carbonyl (C=O) groups excluding carboxylic acids is 1. The van der Waals surface area contributed by atoms with E-state index in [9.17, 15) is 4.79 Å². The number of aryl methyl sites for hydroxylation is 1. The number of benzene rings is 1. The van der Waals surface area contributed by atoms with Crippen LogP contribution in [0.4, 0.5) is 0 Å². The van der Waals surface area contributed by atoms with E-state index in [2.05, 4.69) is 14.8 Å². The second-order valence-electron chi connectivity index (χ2n) is 7.83. The number of hydrogen-bond donors (Lipinski definition) is 0. The van der Waals surface area contributed by atoms with Crippen LogP contribution in [0.1, 0.15) is 67.0 Å². The van der Waals surface area contributed by atoms with Gasteiger partial charge in [0, 0.05) is 37.5 Å². The first kappa shape index (κ1) is 19.7. The van der Waals surface area contributed by atoms with Gasteiger partial charge in [-0.15, -0.1) is 10.2 Å². The summed E-state index contributed by atoms with van der Waals surface area (Å²) in [5.74, 6) is 3.70. The molecule has 1 saturated heterocycles. The monoisotopic (exact) mass is 398 g/mol. The number of likely N-dealkylation sites (tertiary alicyclic amines) is 1. The quantitative estimate of drug-likeness (QED) is 0.772. The third kappa shape index (κ3) is 4.09. The normalized spacial score (nSPS) is 19.4. The molecule has 0 spiro atoms. The smallest absolute Gasteiger partial charge is 0.254 e. The van der Waals surface area contributed by atoms with Crippen LogP contribution in [0.3, 0.4) is 0 Å². The lowest BCUT2D eigenvalue weighted by Gasteiger charge is -2.32. The average molecular weight is 399 g/mol. The molecule has 2 aliphatic rings. The summed E-state index contributed by atoms with van der Waals surface area (Å²) in [6, 6.07) is 5.41. The number of hydrogen-bond acceptors (Lipinski definition) is 5. The number of aromatic nitrogens is 3. The van der Waals surface area contributed by atoms with Crippen LogP contribution in [-0.2, 0) is 13.0 Å². The molecule has 4 rings (SSSR count). The second-order valence-corrected chi connectivity index (χ2v) is 7.83. The van der Waals surface area contributed by atoms with Crippen molar-refractivity contribution in [2.24, 2.45) is 0 Å². The Labute approximate surface area is 172 Å². The molecule has 0 N–H and O–H groups in total. The molecule has 0 radical (unpaired) electrons. The van der Waals surface area contributed by atoms with Crippen LogP contribution in [0.2, 0.25) is 0 Å². The Morgan fingerprint density at radius 2 is 2.03 bits per heavy atom. The number of amides is 1. The van der Waals surface area contributed by atoms with Gasteiger partial charge in [0.25, 0.3) is 5.91 Å². The highest BCUT2D eigenvalue weighted by molar-refractivity contribution is 5.95. The Morgan fingerprint density at radius 3 is 2.86 bits per heavy atom. The molecule has 1 aromatic heterocycles. The number of fused-ring (bicyclic) bond motifs is 1. The van der Waals surface area contributed by atoms with Crippen molar-refractivity contribution in [2.45, 2.75) is 57.9 Å². The van der Waals surface area contributed by atoms with Gasteiger partial charge in [0.2, 0.25) is 0 Å². The van der Waals surface area contributed by atoms with E-state index in [0.29, 0.717) is 30.2 Å². The van der Waals surface area contributed by atoms with Crippen LogP contribution in [-0.4, -0.2) is 52.4 Å². The van der Waals surface area contributed by atoms with E-state index in [4.69, 9.17) is 9.47 Å². The zero-order valence-corrected chi connectivity index (χ0v) is 17.4. The molecule has 0 bridgehead atoms. The van der Waals surface area contributed by atoms with Crippen LogP contribution in [0.15, 0.2) is 18.2 Å². The third-order valence-corrected chi connectivity index (χ3v) is 5.92. The van der Waals surface area contributed by atoms with Crippen molar-refractivity contribution < 1.29 is 14.3 Å². The first-order valence-corrected chi connectivity index (χ1v) is 10.7. The lowest BCUT2D eigenvalue weighted by molar-refractivity contribution is 0.0702. The summed E-state index contributed by atoms with van der Waals surface area (Å²) < 4.78 is 13.3. The molecule has 7 heteroatoms. The maximum Gasteiger partial charge on any atom is 0.254 e. The van der Waals surface area contributed by atoms with E-state index in [0.717, 1.165) is 44.0 Å². The minimum Gasteiger partial charge on any atom is -0.493 e. The topological polar surface area (TPSA) is 69.5 Å². The van der Waals surface area contributed by atoms with Gasteiger partial charge in [-0.3, -0.25) is 4.79 Å². The van der Waals surface area contributed by atoms with Crippen LogP contribution in [0.25, 0.3) is 0 Å². The molecule has 1 amide bonds. The Morgan fingerprint density at radius 1 is 1.14 bits per heavy atom. The van der Waals surface area contributed by atoms with Gasteiger partial charge in [0.15, 0.2) is 11.5 Å². The molecule has 156 valence electrons. The summed E-state index contributed by atoms with van der Waals surface area (Å²) in [5.41, 5.74) is 0.631. The Hall–Kier alpha value is -2.57. The van der Waals surface area contributed by atoms with Crippen molar-refractivity contribution >= 4 is 5.91 Å². The van der Waals surface area contributed by atoms with Gasteiger partial charge in [-0.05, 0) is 50.8 Å². The minimum atomic E-state index is 0.0339. The van der Waals surface area contributed by atoms with E-state index < -0.39 is 0 Å². The lowest BCUT2D eigenvalue weighted by Crippen LogP contribution is -2.39. The van der Waals surface area contributed by atoms with Crippen LogP contribution in [0.5, 0.6) is 11.5 Å². The van der Waals surface area contributed by atoms with Crippen molar-refractivity contribution in [3.8, 4) is 11.5 Å². The van der Waals surface area contributed by atoms with Crippen LogP contribution < -0.4 is 9.47 Å². The van der Waals surface area contributed by atoms with Gasteiger partial charge in [-0.1, -0.05) is 6.42 Å². The number of nitrogens with zero attached hydrogens (tertiary/aromatic N) is 4. The molecule has 0 aliphatic carbocycles. The highest BCUT2D eigenvalue weighted by atomic mass is 16.5. The predicted molar refractivity (Wildman–Crippen MR) is 110 cm³/mol. The molecule has 1 unspecified atom stereocenters. The van der Waals surface area contributed by atoms with E-state index in [1.165, 1.54) is 19.3 Å². The van der Waals surface area contributed by atoms with Crippen molar-refractivity contribution in [1.82, 2.24) is 19.7 Å². The molecule has 7 nitrogen and oxygen atoms in total. The van der Waals surface area contributed by atoms with Crippen molar-refractivity contribution in [2.75, 3.05) is 26.8 Å².